The summed E-state index contributed by atoms with van der Waals surface area (Å²) in [5.41, 5.74) is 0.568. The van der Waals surface area contributed by atoms with Crippen molar-refractivity contribution in [1.82, 2.24) is 14.9 Å². The number of aromatic nitrogens is 2. The molecule has 0 unspecified atom stereocenters. The number of carbonyl (C=O) groups is 1. The second kappa shape index (κ2) is 6.74. The number of aliphatic hydroxyl groups excluding tert-OH is 1. The van der Waals surface area contributed by atoms with Gasteiger partial charge >= 0.3 is 5.69 Å². The smallest absolute Gasteiger partial charge is 0.323 e. The number of imidazole rings is 1. The van der Waals surface area contributed by atoms with Crippen LogP contribution in [0.3, 0.4) is 0 Å². The summed E-state index contributed by atoms with van der Waals surface area (Å²) in [6.45, 7) is 1.08. The van der Waals surface area contributed by atoms with E-state index in [-0.39, 0.29) is 23.4 Å². The molecule has 1 amide bonds. The van der Waals surface area contributed by atoms with Crippen molar-refractivity contribution in [2.75, 3.05) is 13.1 Å². The molecule has 2 aliphatic heterocycles. The Morgan fingerprint density at radius 3 is 2.62 bits per heavy atom. The fraction of sp³-hybridized carbons (Fsp3) is 0.474. The van der Waals surface area contributed by atoms with Gasteiger partial charge in [0.05, 0.1) is 17.8 Å². The number of nitrogens with one attached hydrogen (secondary N) is 2. The lowest BCUT2D eigenvalue weighted by Crippen LogP contribution is -2.52. The van der Waals surface area contributed by atoms with Gasteiger partial charge < -0.3 is 24.7 Å². The summed E-state index contributed by atoms with van der Waals surface area (Å²) >= 11 is 0. The van der Waals surface area contributed by atoms with E-state index in [4.69, 9.17) is 4.74 Å². The SMILES string of the molecule is O=C(c1c[nH]c(=O)[nH]1)N1CCC2(CC1)C[C@@H](O)C[C@H](c1ccccc1)O2. The summed E-state index contributed by atoms with van der Waals surface area (Å²) in [5, 5.41) is 10.4. The Morgan fingerprint density at radius 2 is 1.96 bits per heavy atom. The largest absolute Gasteiger partial charge is 0.393 e. The van der Waals surface area contributed by atoms with E-state index in [0.717, 1.165) is 5.56 Å². The summed E-state index contributed by atoms with van der Waals surface area (Å²) in [6, 6.07) is 9.97. The molecule has 1 aromatic carbocycles. The Bertz CT molecular complexity index is 821. The molecule has 2 aromatic rings. The zero-order chi connectivity index (χ0) is 18.1. The third-order valence-electron chi connectivity index (χ3n) is 5.45. The second-order valence-electron chi connectivity index (χ2n) is 7.24. The molecule has 0 saturated carbocycles. The van der Waals surface area contributed by atoms with E-state index in [9.17, 15) is 14.7 Å². The topological polar surface area (TPSA) is 98.4 Å². The summed E-state index contributed by atoms with van der Waals surface area (Å²) < 4.78 is 6.45. The molecule has 0 aliphatic carbocycles. The predicted molar refractivity (Wildman–Crippen MR) is 94.8 cm³/mol. The van der Waals surface area contributed by atoms with Crippen LogP contribution in [0.2, 0.25) is 0 Å². The Balaban J connectivity index is 1.45. The lowest BCUT2D eigenvalue weighted by Gasteiger charge is -2.48. The van der Waals surface area contributed by atoms with Gasteiger partial charge in [0.15, 0.2) is 0 Å². The Kier molecular flexibility index (Phi) is 4.42. The van der Waals surface area contributed by atoms with Crippen molar-refractivity contribution in [3.05, 3.63) is 58.3 Å². The first-order valence-corrected chi connectivity index (χ1v) is 9.02. The predicted octanol–water partition coefficient (Wildman–Crippen LogP) is 1.59. The molecule has 4 rings (SSSR count). The summed E-state index contributed by atoms with van der Waals surface area (Å²) in [4.78, 5) is 30.4. The molecular formula is C19H23N3O4. The lowest BCUT2D eigenvalue weighted by molar-refractivity contribution is -0.181. The number of ether oxygens (including phenoxy) is 1. The van der Waals surface area contributed by atoms with Gasteiger partial charge in [0.1, 0.15) is 5.69 Å². The van der Waals surface area contributed by atoms with Crippen LogP contribution in [0.1, 0.15) is 47.8 Å². The van der Waals surface area contributed by atoms with E-state index in [2.05, 4.69) is 9.97 Å². The minimum Gasteiger partial charge on any atom is -0.393 e. The minimum absolute atomic E-state index is 0.122. The first-order chi connectivity index (χ1) is 12.5. The quantitative estimate of drug-likeness (QED) is 0.760. The molecule has 2 saturated heterocycles. The molecule has 0 radical (unpaired) electrons. The van der Waals surface area contributed by atoms with Crippen molar-refractivity contribution < 1.29 is 14.6 Å². The molecule has 1 aromatic heterocycles. The van der Waals surface area contributed by atoms with Gasteiger partial charge in [-0.3, -0.25) is 4.79 Å². The Morgan fingerprint density at radius 1 is 1.23 bits per heavy atom. The molecule has 2 aliphatic rings. The molecule has 3 N–H and O–H groups in total. The van der Waals surface area contributed by atoms with E-state index in [0.29, 0.717) is 38.8 Å². The number of H-pyrrole nitrogens is 2. The minimum atomic E-state index is -0.405. The highest BCUT2D eigenvalue weighted by Gasteiger charge is 2.44. The number of piperidine rings is 1. The number of amides is 1. The standard InChI is InChI=1S/C19H23N3O4/c23-14-10-16(13-4-2-1-3-5-13)26-19(11-14)6-8-22(9-7-19)17(24)15-12-20-18(25)21-15/h1-5,12,14,16,23H,6-11H2,(H2,20,21,25)/t14-,16+/m0/s1. The monoisotopic (exact) mass is 357 g/mol. The molecule has 0 bridgehead atoms. The van der Waals surface area contributed by atoms with Crippen LogP contribution in [-0.2, 0) is 4.74 Å². The zero-order valence-electron chi connectivity index (χ0n) is 14.5. The van der Waals surface area contributed by atoms with Crippen molar-refractivity contribution in [3.63, 3.8) is 0 Å². The average Bonchev–Trinajstić information content (AvgIpc) is 3.08. The van der Waals surface area contributed by atoms with Gasteiger partial charge in [0, 0.05) is 32.1 Å². The number of rotatable bonds is 2. The van der Waals surface area contributed by atoms with E-state index in [1.807, 2.05) is 30.3 Å². The average molecular weight is 357 g/mol. The number of likely N-dealkylation sites (tertiary alicyclic amines) is 1. The van der Waals surface area contributed by atoms with Crippen LogP contribution in [0.15, 0.2) is 41.3 Å². The highest BCUT2D eigenvalue weighted by Crippen LogP contribution is 2.43. The lowest BCUT2D eigenvalue weighted by atomic mass is 9.81. The number of nitrogens with zero attached hydrogens (tertiary/aromatic N) is 1. The first kappa shape index (κ1) is 17.1. The van der Waals surface area contributed by atoms with E-state index in [1.165, 1.54) is 6.20 Å². The fourth-order valence-electron chi connectivity index (χ4n) is 4.09. The third-order valence-corrected chi connectivity index (χ3v) is 5.45. The van der Waals surface area contributed by atoms with Crippen LogP contribution >= 0.6 is 0 Å². The van der Waals surface area contributed by atoms with Crippen LogP contribution < -0.4 is 5.69 Å². The van der Waals surface area contributed by atoms with E-state index < -0.39 is 11.7 Å². The van der Waals surface area contributed by atoms with Crippen molar-refractivity contribution >= 4 is 5.91 Å². The van der Waals surface area contributed by atoms with E-state index in [1.54, 1.807) is 4.90 Å². The molecule has 7 heteroatoms. The van der Waals surface area contributed by atoms with Crippen molar-refractivity contribution in [1.29, 1.82) is 0 Å². The molecule has 138 valence electrons. The van der Waals surface area contributed by atoms with E-state index >= 15 is 0 Å². The fourth-order valence-corrected chi connectivity index (χ4v) is 4.09. The summed E-state index contributed by atoms with van der Waals surface area (Å²) in [7, 11) is 0. The van der Waals surface area contributed by atoms with Gasteiger partial charge in [-0.25, -0.2) is 4.79 Å². The number of aliphatic hydroxyl groups is 1. The molecule has 26 heavy (non-hydrogen) atoms. The third kappa shape index (κ3) is 3.32. The maximum Gasteiger partial charge on any atom is 0.323 e. The second-order valence-corrected chi connectivity index (χ2v) is 7.24. The van der Waals surface area contributed by atoms with Gasteiger partial charge in [-0.15, -0.1) is 0 Å². The number of benzene rings is 1. The molecule has 2 atom stereocenters. The van der Waals surface area contributed by atoms with Crippen molar-refractivity contribution in [3.8, 4) is 0 Å². The van der Waals surface area contributed by atoms with Crippen LogP contribution in [-0.4, -0.2) is 50.7 Å². The van der Waals surface area contributed by atoms with Crippen LogP contribution in [0.4, 0.5) is 0 Å². The van der Waals surface area contributed by atoms with Crippen LogP contribution in [0.25, 0.3) is 0 Å². The summed E-state index contributed by atoms with van der Waals surface area (Å²) in [6.07, 6.45) is 3.42. The van der Waals surface area contributed by atoms with Gasteiger partial charge in [-0.05, 0) is 18.4 Å². The molecule has 3 heterocycles. The highest BCUT2D eigenvalue weighted by atomic mass is 16.5. The van der Waals surface area contributed by atoms with Crippen molar-refractivity contribution in [2.24, 2.45) is 0 Å². The van der Waals surface area contributed by atoms with Crippen LogP contribution in [0.5, 0.6) is 0 Å². The Labute approximate surface area is 151 Å². The van der Waals surface area contributed by atoms with Gasteiger partial charge in [-0.2, -0.15) is 0 Å². The summed E-state index contributed by atoms with van der Waals surface area (Å²) in [5.74, 6) is -0.186. The molecule has 7 nitrogen and oxygen atoms in total. The van der Waals surface area contributed by atoms with Crippen LogP contribution in [0, 0.1) is 0 Å². The Hall–Kier alpha value is -2.38. The zero-order valence-corrected chi connectivity index (χ0v) is 14.5. The molecular weight excluding hydrogens is 334 g/mol. The molecule has 2 fully saturated rings. The molecule has 1 spiro atoms. The normalized spacial score (nSPS) is 25.3. The number of hydrogen-bond donors (Lipinski definition) is 3. The van der Waals surface area contributed by atoms with Gasteiger partial charge in [0.25, 0.3) is 5.91 Å². The number of carbonyl (C=O) groups excluding carboxylic acids is 1. The number of aromatic amines is 2. The van der Waals surface area contributed by atoms with Gasteiger partial charge in [-0.1, -0.05) is 30.3 Å². The number of hydrogen-bond acceptors (Lipinski definition) is 4. The highest BCUT2D eigenvalue weighted by molar-refractivity contribution is 5.92. The first-order valence-electron chi connectivity index (χ1n) is 9.02. The maximum absolute atomic E-state index is 12.5. The van der Waals surface area contributed by atoms with Gasteiger partial charge in [0.2, 0.25) is 0 Å². The van der Waals surface area contributed by atoms with Crippen molar-refractivity contribution in [2.45, 2.75) is 43.5 Å². The maximum atomic E-state index is 12.5.